The van der Waals surface area contributed by atoms with Crippen molar-refractivity contribution in [2.45, 2.75) is 4.90 Å². The Morgan fingerprint density at radius 3 is 2.22 bits per heavy atom. The van der Waals surface area contributed by atoms with E-state index in [1.807, 2.05) is 12.3 Å². The van der Waals surface area contributed by atoms with Crippen molar-refractivity contribution in [2.24, 2.45) is 0 Å². The average molecular weight is 332 g/mol. The van der Waals surface area contributed by atoms with Gasteiger partial charge in [0, 0.05) is 4.90 Å². The zero-order valence-electron chi connectivity index (χ0n) is 13.0. The standard InChI is InChI=1S/C17H16O5S/c1-20-15-10-13(23-3)8-9-14(15)17(19)22-12-6-4-11(5-7-12)16(18)21-2/h4-10H,1-3H3. The molecule has 0 unspecified atom stereocenters. The fourth-order valence-corrected chi connectivity index (χ4v) is 2.34. The highest BCUT2D eigenvalue weighted by molar-refractivity contribution is 7.98. The number of hydrogen-bond donors (Lipinski definition) is 0. The number of ether oxygens (including phenoxy) is 3. The van der Waals surface area contributed by atoms with Gasteiger partial charge in [-0.2, -0.15) is 0 Å². The van der Waals surface area contributed by atoms with Crippen molar-refractivity contribution in [2.75, 3.05) is 20.5 Å². The second kappa shape index (κ2) is 7.69. The van der Waals surface area contributed by atoms with Crippen molar-refractivity contribution in [3.63, 3.8) is 0 Å². The molecule has 0 aliphatic rings. The Hall–Kier alpha value is -2.47. The molecule has 0 fully saturated rings. The lowest BCUT2D eigenvalue weighted by Crippen LogP contribution is -2.10. The highest BCUT2D eigenvalue weighted by Crippen LogP contribution is 2.26. The number of carbonyl (C=O) groups is 2. The molecule has 23 heavy (non-hydrogen) atoms. The summed E-state index contributed by atoms with van der Waals surface area (Å²) >= 11 is 1.55. The van der Waals surface area contributed by atoms with Gasteiger partial charge in [0.2, 0.25) is 0 Å². The number of methoxy groups -OCH3 is 2. The van der Waals surface area contributed by atoms with Gasteiger partial charge in [-0.15, -0.1) is 11.8 Å². The molecule has 120 valence electrons. The molecule has 2 aromatic rings. The van der Waals surface area contributed by atoms with Gasteiger partial charge in [-0.25, -0.2) is 9.59 Å². The van der Waals surface area contributed by atoms with Gasteiger partial charge in [-0.3, -0.25) is 0 Å². The minimum Gasteiger partial charge on any atom is -0.496 e. The van der Waals surface area contributed by atoms with Crippen molar-refractivity contribution >= 4 is 23.7 Å². The number of thioether (sulfide) groups is 1. The summed E-state index contributed by atoms with van der Waals surface area (Å²) in [5, 5.41) is 0. The van der Waals surface area contributed by atoms with Crippen LogP contribution in [-0.2, 0) is 4.74 Å². The predicted octanol–water partition coefficient (Wildman–Crippen LogP) is 3.42. The van der Waals surface area contributed by atoms with Gasteiger partial charge in [-0.1, -0.05) is 0 Å². The zero-order chi connectivity index (χ0) is 16.8. The molecule has 0 saturated carbocycles. The summed E-state index contributed by atoms with van der Waals surface area (Å²) in [5.41, 5.74) is 0.719. The van der Waals surface area contributed by atoms with E-state index in [9.17, 15) is 9.59 Å². The number of carbonyl (C=O) groups excluding carboxylic acids is 2. The van der Waals surface area contributed by atoms with Crippen LogP contribution in [0.2, 0.25) is 0 Å². The van der Waals surface area contributed by atoms with Gasteiger partial charge >= 0.3 is 11.9 Å². The maximum atomic E-state index is 12.3. The van der Waals surface area contributed by atoms with Crippen LogP contribution in [0, 0.1) is 0 Å². The van der Waals surface area contributed by atoms with E-state index in [-0.39, 0.29) is 0 Å². The van der Waals surface area contributed by atoms with E-state index in [1.54, 1.807) is 23.9 Å². The third kappa shape index (κ3) is 4.04. The maximum absolute atomic E-state index is 12.3. The smallest absolute Gasteiger partial charge is 0.347 e. The molecule has 2 aromatic carbocycles. The van der Waals surface area contributed by atoms with Crippen LogP contribution in [0.4, 0.5) is 0 Å². The van der Waals surface area contributed by atoms with E-state index < -0.39 is 11.9 Å². The Morgan fingerprint density at radius 2 is 1.65 bits per heavy atom. The Kier molecular flexibility index (Phi) is 5.65. The van der Waals surface area contributed by atoms with Crippen LogP contribution in [0.3, 0.4) is 0 Å². The first-order valence-electron chi connectivity index (χ1n) is 6.71. The normalized spacial score (nSPS) is 10.0. The number of esters is 2. The lowest BCUT2D eigenvalue weighted by Gasteiger charge is -2.10. The molecule has 0 N–H and O–H groups in total. The van der Waals surface area contributed by atoms with E-state index in [2.05, 4.69) is 4.74 Å². The summed E-state index contributed by atoms with van der Waals surface area (Å²) in [5.74, 6) is -0.191. The largest absolute Gasteiger partial charge is 0.496 e. The minimum absolute atomic E-state index is 0.332. The Balaban J connectivity index is 2.17. The quantitative estimate of drug-likeness (QED) is 0.475. The second-order valence-corrected chi connectivity index (χ2v) is 5.35. The summed E-state index contributed by atoms with van der Waals surface area (Å²) in [4.78, 5) is 24.6. The molecule has 0 bridgehead atoms. The second-order valence-electron chi connectivity index (χ2n) is 4.47. The predicted molar refractivity (Wildman–Crippen MR) is 87.5 cm³/mol. The summed E-state index contributed by atoms with van der Waals surface area (Å²) in [6.07, 6.45) is 1.94. The van der Waals surface area contributed by atoms with Crippen LogP contribution in [0.5, 0.6) is 11.5 Å². The van der Waals surface area contributed by atoms with Crippen molar-refractivity contribution in [1.82, 2.24) is 0 Å². The van der Waals surface area contributed by atoms with Gasteiger partial charge in [0.1, 0.15) is 17.1 Å². The van der Waals surface area contributed by atoms with Crippen molar-refractivity contribution in [3.05, 3.63) is 53.6 Å². The lowest BCUT2D eigenvalue weighted by atomic mass is 10.2. The molecule has 2 rings (SSSR count). The number of hydrogen-bond acceptors (Lipinski definition) is 6. The van der Waals surface area contributed by atoms with Crippen LogP contribution in [0.1, 0.15) is 20.7 Å². The van der Waals surface area contributed by atoms with Crippen LogP contribution in [-0.4, -0.2) is 32.4 Å². The van der Waals surface area contributed by atoms with E-state index in [0.717, 1.165) is 4.90 Å². The minimum atomic E-state index is -0.527. The summed E-state index contributed by atoms with van der Waals surface area (Å²) in [6, 6.07) is 11.4. The molecule has 0 amide bonds. The molecule has 6 heteroatoms. The molecule has 0 aliphatic heterocycles. The van der Waals surface area contributed by atoms with E-state index >= 15 is 0 Å². The van der Waals surface area contributed by atoms with Gasteiger partial charge in [0.15, 0.2) is 0 Å². The molecule has 0 saturated heterocycles. The van der Waals surface area contributed by atoms with Gasteiger partial charge in [0.25, 0.3) is 0 Å². The van der Waals surface area contributed by atoms with Crippen LogP contribution in [0.25, 0.3) is 0 Å². The topological polar surface area (TPSA) is 61.8 Å². The van der Waals surface area contributed by atoms with E-state index in [0.29, 0.717) is 22.6 Å². The maximum Gasteiger partial charge on any atom is 0.347 e. The molecule has 0 aromatic heterocycles. The fourth-order valence-electron chi connectivity index (χ4n) is 1.91. The van der Waals surface area contributed by atoms with Crippen molar-refractivity contribution < 1.29 is 23.8 Å². The van der Waals surface area contributed by atoms with Gasteiger partial charge in [-0.05, 0) is 48.7 Å². The van der Waals surface area contributed by atoms with Gasteiger partial charge in [0.05, 0.1) is 19.8 Å². The highest BCUT2D eigenvalue weighted by Gasteiger charge is 2.15. The molecular weight excluding hydrogens is 316 g/mol. The third-order valence-electron chi connectivity index (χ3n) is 3.11. The van der Waals surface area contributed by atoms with Crippen LogP contribution in [0.15, 0.2) is 47.4 Å². The lowest BCUT2D eigenvalue weighted by molar-refractivity contribution is 0.0600. The van der Waals surface area contributed by atoms with Crippen LogP contribution >= 0.6 is 11.8 Å². The molecule has 0 radical (unpaired) electrons. The molecule has 5 nitrogen and oxygen atoms in total. The third-order valence-corrected chi connectivity index (χ3v) is 3.84. The first kappa shape index (κ1) is 16.9. The summed E-state index contributed by atoms with van der Waals surface area (Å²) < 4.78 is 15.2. The van der Waals surface area contributed by atoms with E-state index in [1.165, 1.54) is 38.5 Å². The monoisotopic (exact) mass is 332 g/mol. The molecule has 0 spiro atoms. The molecule has 0 aliphatic carbocycles. The Labute approximate surface area is 138 Å². The van der Waals surface area contributed by atoms with Gasteiger partial charge < -0.3 is 14.2 Å². The fraction of sp³-hybridized carbons (Fsp3) is 0.176. The average Bonchev–Trinajstić information content (AvgIpc) is 2.60. The molecule has 0 atom stereocenters. The SMILES string of the molecule is COC(=O)c1ccc(OC(=O)c2ccc(SC)cc2OC)cc1. The van der Waals surface area contributed by atoms with Crippen molar-refractivity contribution in [3.8, 4) is 11.5 Å². The van der Waals surface area contributed by atoms with Crippen molar-refractivity contribution in [1.29, 1.82) is 0 Å². The summed E-state index contributed by atoms with van der Waals surface area (Å²) in [6.45, 7) is 0. The summed E-state index contributed by atoms with van der Waals surface area (Å²) in [7, 11) is 2.81. The number of rotatable bonds is 5. The first-order valence-corrected chi connectivity index (χ1v) is 7.94. The van der Waals surface area contributed by atoms with Crippen LogP contribution < -0.4 is 9.47 Å². The zero-order valence-corrected chi connectivity index (χ0v) is 13.8. The first-order chi connectivity index (χ1) is 11.1. The Morgan fingerprint density at radius 1 is 0.957 bits per heavy atom. The molecular formula is C17H16O5S. The number of benzene rings is 2. The Bertz CT molecular complexity index is 709. The molecule has 0 heterocycles. The van der Waals surface area contributed by atoms with E-state index in [4.69, 9.17) is 9.47 Å². The highest BCUT2D eigenvalue weighted by atomic mass is 32.2.